The molecule has 0 spiro atoms. The third kappa shape index (κ3) is 4.92. The van der Waals surface area contributed by atoms with Crippen LogP contribution in [0, 0.1) is 0 Å². The van der Waals surface area contributed by atoms with Gasteiger partial charge in [-0.05, 0) is 24.3 Å². The molecule has 1 saturated heterocycles. The van der Waals surface area contributed by atoms with Crippen LogP contribution in [0.3, 0.4) is 0 Å². The Morgan fingerprint density at radius 3 is 2.69 bits per heavy atom. The monoisotopic (exact) mass is 385 g/mol. The van der Waals surface area contributed by atoms with E-state index >= 15 is 0 Å². The SMILES string of the molecule is O=C(C[C@@H]1SC(N2CCOCC2)=NC1=O)Nc1ccc(OC(F)F)cc1. The maximum absolute atomic E-state index is 12.1. The lowest BCUT2D eigenvalue weighted by Gasteiger charge is -2.27. The van der Waals surface area contributed by atoms with Gasteiger partial charge < -0.3 is 19.7 Å². The standard InChI is InChI=1S/C16H17F2N3O4S/c17-15(18)25-11-3-1-10(2-4-11)19-13(22)9-12-14(23)20-16(26-12)21-5-7-24-8-6-21/h1-4,12,15H,5-9H2,(H,19,22)/t12-/m0/s1. The number of aliphatic imine (C=N–C) groups is 1. The maximum Gasteiger partial charge on any atom is 0.387 e. The molecule has 0 saturated carbocycles. The van der Waals surface area contributed by atoms with Crippen molar-refractivity contribution in [2.45, 2.75) is 18.3 Å². The minimum absolute atomic E-state index is 0.00285. The largest absolute Gasteiger partial charge is 0.435 e. The van der Waals surface area contributed by atoms with Crippen molar-refractivity contribution in [3.63, 3.8) is 0 Å². The van der Waals surface area contributed by atoms with Gasteiger partial charge in [-0.15, -0.1) is 0 Å². The highest BCUT2D eigenvalue weighted by Gasteiger charge is 2.33. The molecule has 10 heteroatoms. The average Bonchev–Trinajstić information content (AvgIpc) is 2.97. The van der Waals surface area contributed by atoms with Crippen LogP contribution in [0.15, 0.2) is 29.3 Å². The first kappa shape index (κ1) is 18.6. The Bertz CT molecular complexity index is 693. The van der Waals surface area contributed by atoms with E-state index in [1.165, 1.54) is 36.0 Å². The van der Waals surface area contributed by atoms with E-state index in [1.807, 2.05) is 4.90 Å². The number of morpholine rings is 1. The molecule has 0 radical (unpaired) electrons. The molecule has 2 amide bonds. The summed E-state index contributed by atoms with van der Waals surface area (Å²) < 4.78 is 33.7. The van der Waals surface area contributed by atoms with Gasteiger partial charge in [-0.3, -0.25) is 9.59 Å². The van der Waals surface area contributed by atoms with Crippen molar-refractivity contribution in [1.29, 1.82) is 0 Å². The summed E-state index contributed by atoms with van der Waals surface area (Å²) in [4.78, 5) is 30.2. The highest BCUT2D eigenvalue weighted by Crippen LogP contribution is 2.28. The van der Waals surface area contributed by atoms with Crippen molar-refractivity contribution < 1.29 is 27.8 Å². The van der Waals surface area contributed by atoms with Gasteiger partial charge in [0.2, 0.25) is 5.91 Å². The van der Waals surface area contributed by atoms with Crippen LogP contribution in [-0.4, -0.2) is 60.0 Å². The van der Waals surface area contributed by atoms with E-state index in [-0.39, 0.29) is 24.0 Å². The van der Waals surface area contributed by atoms with E-state index in [4.69, 9.17) is 4.74 Å². The van der Waals surface area contributed by atoms with Gasteiger partial charge in [-0.2, -0.15) is 13.8 Å². The first-order valence-electron chi connectivity index (χ1n) is 7.98. The number of benzene rings is 1. The van der Waals surface area contributed by atoms with Crippen molar-refractivity contribution in [3.05, 3.63) is 24.3 Å². The second kappa shape index (κ2) is 8.45. The van der Waals surface area contributed by atoms with Crippen molar-refractivity contribution >= 4 is 34.4 Å². The van der Waals surface area contributed by atoms with E-state index in [1.54, 1.807) is 0 Å². The molecule has 2 heterocycles. The van der Waals surface area contributed by atoms with Crippen LogP contribution < -0.4 is 10.1 Å². The lowest BCUT2D eigenvalue weighted by molar-refractivity contribution is -0.121. The molecule has 26 heavy (non-hydrogen) atoms. The zero-order chi connectivity index (χ0) is 18.5. The third-order valence-electron chi connectivity index (χ3n) is 3.74. The molecule has 1 aromatic carbocycles. The molecule has 1 aromatic rings. The topological polar surface area (TPSA) is 80.2 Å². The molecular weight excluding hydrogens is 368 g/mol. The number of rotatable bonds is 5. The number of hydrogen-bond acceptors (Lipinski definition) is 6. The van der Waals surface area contributed by atoms with Crippen LogP contribution in [0.1, 0.15) is 6.42 Å². The van der Waals surface area contributed by atoms with E-state index in [0.717, 1.165) is 0 Å². The summed E-state index contributed by atoms with van der Waals surface area (Å²) in [5.74, 6) is -0.674. The fourth-order valence-electron chi connectivity index (χ4n) is 2.50. The number of carbonyl (C=O) groups is 2. The predicted octanol–water partition coefficient (Wildman–Crippen LogP) is 1.95. The van der Waals surface area contributed by atoms with Crippen LogP contribution in [0.2, 0.25) is 0 Å². The summed E-state index contributed by atoms with van der Waals surface area (Å²) in [7, 11) is 0. The maximum atomic E-state index is 12.1. The lowest BCUT2D eigenvalue weighted by atomic mass is 10.2. The highest BCUT2D eigenvalue weighted by atomic mass is 32.2. The van der Waals surface area contributed by atoms with E-state index in [0.29, 0.717) is 37.2 Å². The fraction of sp³-hybridized carbons (Fsp3) is 0.438. The normalized spacial score (nSPS) is 20.3. The number of nitrogens with zero attached hydrogens (tertiary/aromatic N) is 2. The molecule has 2 aliphatic heterocycles. The van der Waals surface area contributed by atoms with Gasteiger partial charge >= 0.3 is 6.61 Å². The van der Waals surface area contributed by atoms with Crippen LogP contribution in [0.4, 0.5) is 14.5 Å². The Labute approximate surface area is 152 Å². The minimum atomic E-state index is -2.90. The molecule has 1 fully saturated rings. The first-order chi connectivity index (χ1) is 12.5. The summed E-state index contributed by atoms with van der Waals surface area (Å²) in [5.41, 5.74) is 0.432. The molecule has 0 bridgehead atoms. The second-order valence-corrected chi connectivity index (χ2v) is 6.76. The Balaban J connectivity index is 1.50. The molecule has 7 nitrogen and oxygen atoms in total. The van der Waals surface area contributed by atoms with Gasteiger partial charge in [0.05, 0.1) is 13.2 Å². The van der Waals surface area contributed by atoms with Crippen LogP contribution in [0.5, 0.6) is 5.75 Å². The highest BCUT2D eigenvalue weighted by molar-refractivity contribution is 8.15. The van der Waals surface area contributed by atoms with Crippen molar-refractivity contribution in [3.8, 4) is 5.75 Å². The minimum Gasteiger partial charge on any atom is -0.435 e. The summed E-state index contributed by atoms with van der Waals surface area (Å²) >= 11 is 1.28. The number of ether oxygens (including phenoxy) is 2. The van der Waals surface area contributed by atoms with E-state index < -0.39 is 11.9 Å². The van der Waals surface area contributed by atoms with Gasteiger partial charge in [0.1, 0.15) is 11.0 Å². The molecule has 0 aliphatic carbocycles. The van der Waals surface area contributed by atoms with Gasteiger partial charge in [-0.25, -0.2) is 0 Å². The number of halogens is 2. The van der Waals surface area contributed by atoms with Crippen LogP contribution in [-0.2, 0) is 14.3 Å². The molecule has 3 rings (SSSR count). The van der Waals surface area contributed by atoms with Crippen molar-refractivity contribution in [2.75, 3.05) is 31.6 Å². The summed E-state index contributed by atoms with van der Waals surface area (Å²) in [6.45, 7) is -0.383. The zero-order valence-electron chi connectivity index (χ0n) is 13.7. The average molecular weight is 385 g/mol. The predicted molar refractivity (Wildman–Crippen MR) is 92.5 cm³/mol. The molecule has 140 valence electrons. The number of thioether (sulfide) groups is 1. The molecule has 0 unspecified atom stereocenters. The molecule has 1 N–H and O–H groups in total. The van der Waals surface area contributed by atoms with Gasteiger partial charge in [0.15, 0.2) is 5.17 Å². The van der Waals surface area contributed by atoms with Crippen molar-refractivity contribution in [2.24, 2.45) is 4.99 Å². The Kier molecular flexibility index (Phi) is 6.04. The van der Waals surface area contributed by atoms with Crippen molar-refractivity contribution in [1.82, 2.24) is 4.90 Å². The summed E-state index contributed by atoms with van der Waals surface area (Å²) in [6.07, 6.45) is -0.0177. The smallest absolute Gasteiger partial charge is 0.387 e. The number of amides is 2. The van der Waals surface area contributed by atoms with Crippen LogP contribution in [0.25, 0.3) is 0 Å². The van der Waals surface area contributed by atoms with Gasteiger partial charge in [0.25, 0.3) is 5.91 Å². The number of alkyl halides is 2. The first-order valence-corrected chi connectivity index (χ1v) is 8.86. The van der Waals surface area contributed by atoms with Gasteiger partial charge in [-0.1, -0.05) is 11.8 Å². The fourth-order valence-corrected chi connectivity index (χ4v) is 3.62. The molecule has 2 aliphatic rings. The van der Waals surface area contributed by atoms with E-state index in [9.17, 15) is 18.4 Å². The number of anilines is 1. The number of nitrogens with one attached hydrogen (secondary N) is 1. The Morgan fingerprint density at radius 2 is 2.04 bits per heavy atom. The number of amidine groups is 1. The lowest BCUT2D eigenvalue weighted by Crippen LogP contribution is -2.39. The van der Waals surface area contributed by atoms with Crippen LogP contribution >= 0.6 is 11.8 Å². The molecular formula is C16H17F2N3O4S. The summed E-state index contributed by atoms with van der Waals surface area (Å²) in [5, 5.41) is 2.70. The number of hydrogen-bond donors (Lipinski definition) is 1. The quantitative estimate of drug-likeness (QED) is 0.835. The van der Waals surface area contributed by atoms with E-state index in [2.05, 4.69) is 15.0 Å². The zero-order valence-corrected chi connectivity index (χ0v) is 14.5. The second-order valence-electron chi connectivity index (χ2n) is 5.59. The molecule has 0 aromatic heterocycles. The third-order valence-corrected chi connectivity index (χ3v) is 4.96. The summed E-state index contributed by atoms with van der Waals surface area (Å²) in [6, 6.07) is 5.57. The number of carbonyl (C=O) groups excluding carboxylic acids is 2. The Morgan fingerprint density at radius 1 is 1.35 bits per heavy atom. The Hall–Kier alpha value is -2.20. The molecule has 1 atom stereocenters. The van der Waals surface area contributed by atoms with Gasteiger partial charge in [0, 0.05) is 25.2 Å².